The minimum absolute atomic E-state index is 0.0160. The maximum atomic E-state index is 11.2. The molecule has 0 atom stereocenters. The molecule has 0 saturated heterocycles. The number of hydrogen-bond donors (Lipinski definition) is 3. The van der Waals surface area contributed by atoms with Crippen molar-refractivity contribution >= 4 is 34.6 Å². The van der Waals surface area contributed by atoms with E-state index in [-0.39, 0.29) is 34.1 Å². The zero-order valence-corrected chi connectivity index (χ0v) is 16.3. The quantitative estimate of drug-likeness (QED) is 0.427. The van der Waals surface area contributed by atoms with Gasteiger partial charge in [-0.2, -0.15) is 14.9 Å². The molecular weight excluding hydrogens is 396 g/mol. The maximum absolute atomic E-state index is 11.2. The van der Waals surface area contributed by atoms with Gasteiger partial charge in [0.1, 0.15) is 17.5 Å². The second kappa shape index (κ2) is 7.57. The van der Waals surface area contributed by atoms with Gasteiger partial charge in [-0.15, -0.1) is 10.2 Å². The number of aromatic nitrogens is 3. The summed E-state index contributed by atoms with van der Waals surface area (Å²) in [7, 11) is 0. The predicted octanol–water partition coefficient (Wildman–Crippen LogP) is 3.85. The first-order valence-electron chi connectivity index (χ1n) is 9.09. The largest absolute Gasteiger partial charge is 0.478 e. The van der Waals surface area contributed by atoms with Crippen LogP contribution in [0.2, 0.25) is 0 Å². The van der Waals surface area contributed by atoms with Gasteiger partial charge in [0.15, 0.2) is 17.2 Å². The van der Waals surface area contributed by atoms with Gasteiger partial charge in [0.25, 0.3) is 0 Å². The van der Waals surface area contributed by atoms with Crippen LogP contribution in [0.25, 0.3) is 16.9 Å². The fourth-order valence-corrected chi connectivity index (χ4v) is 3.01. The standard InChI is InChI=1S/C21H16N8O2/c1-11-5-7-12(8-6-11)16-15(10-22)19(24)29-20(25-16)17(18(23)28-29)27-26-14-4-2-3-13(9-14)21(30)31/h2-9H,24H2,1H3,(H2,23,28)(H,30,31). The first kappa shape index (κ1) is 19.5. The van der Waals surface area contributed by atoms with Gasteiger partial charge < -0.3 is 16.6 Å². The van der Waals surface area contributed by atoms with Crippen molar-refractivity contribution < 1.29 is 9.90 Å². The van der Waals surface area contributed by atoms with Crippen LogP contribution in [-0.4, -0.2) is 25.7 Å². The number of nitrogen functional groups attached to an aromatic ring is 2. The van der Waals surface area contributed by atoms with Gasteiger partial charge in [0.2, 0.25) is 0 Å². The lowest BCUT2D eigenvalue weighted by Crippen LogP contribution is -2.06. The molecular formula is C21H16N8O2. The summed E-state index contributed by atoms with van der Waals surface area (Å²) >= 11 is 0. The fourth-order valence-electron chi connectivity index (χ4n) is 3.01. The third-order valence-electron chi connectivity index (χ3n) is 4.60. The molecule has 0 saturated carbocycles. The van der Waals surface area contributed by atoms with Crippen molar-refractivity contribution in [3.8, 4) is 17.3 Å². The Morgan fingerprint density at radius 2 is 1.90 bits per heavy atom. The van der Waals surface area contributed by atoms with Crippen molar-refractivity contribution in [2.24, 2.45) is 10.2 Å². The smallest absolute Gasteiger partial charge is 0.335 e. The Balaban J connectivity index is 1.88. The number of carbonyl (C=O) groups is 1. The van der Waals surface area contributed by atoms with E-state index in [1.54, 1.807) is 12.1 Å². The van der Waals surface area contributed by atoms with E-state index < -0.39 is 5.97 Å². The van der Waals surface area contributed by atoms with Crippen molar-refractivity contribution in [2.75, 3.05) is 11.5 Å². The predicted molar refractivity (Wildman–Crippen MR) is 114 cm³/mol. The van der Waals surface area contributed by atoms with E-state index >= 15 is 0 Å². The van der Waals surface area contributed by atoms with E-state index in [0.717, 1.165) is 5.56 Å². The highest BCUT2D eigenvalue weighted by atomic mass is 16.4. The van der Waals surface area contributed by atoms with Crippen LogP contribution in [0.5, 0.6) is 0 Å². The summed E-state index contributed by atoms with van der Waals surface area (Å²) in [6.07, 6.45) is 0. The van der Waals surface area contributed by atoms with Crippen LogP contribution in [0.15, 0.2) is 58.8 Å². The Bertz CT molecular complexity index is 1400. The number of azo groups is 1. The van der Waals surface area contributed by atoms with Crippen LogP contribution in [0.1, 0.15) is 21.5 Å². The molecule has 10 heteroatoms. The minimum atomic E-state index is -1.08. The molecule has 4 rings (SSSR count). The summed E-state index contributed by atoms with van der Waals surface area (Å²) in [4.78, 5) is 15.7. The number of rotatable bonds is 4. The van der Waals surface area contributed by atoms with Crippen LogP contribution in [0.3, 0.4) is 0 Å². The molecule has 2 aromatic carbocycles. The van der Waals surface area contributed by atoms with Gasteiger partial charge in [0.05, 0.1) is 16.9 Å². The number of aromatic carboxylic acids is 1. The number of benzene rings is 2. The van der Waals surface area contributed by atoms with E-state index in [0.29, 0.717) is 16.9 Å². The zero-order chi connectivity index (χ0) is 22.1. The third-order valence-corrected chi connectivity index (χ3v) is 4.60. The molecule has 0 bridgehead atoms. The Morgan fingerprint density at radius 1 is 1.16 bits per heavy atom. The van der Waals surface area contributed by atoms with Crippen LogP contribution in [0, 0.1) is 18.3 Å². The van der Waals surface area contributed by atoms with E-state index in [4.69, 9.17) is 16.6 Å². The summed E-state index contributed by atoms with van der Waals surface area (Å²) < 4.78 is 1.24. The lowest BCUT2D eigenvalue weighted by Gasteiger charge is -2.08. The van der Waals surface area contributed by atoms with Gasteiger partial charge in [-0.1, -0.05) is 35.9 Å². The highest BCUT2D eigenvalue weighted by Crippen LogP contribution is 2.34. The molecule has 4 aromatic rings. The molecule has 0 radical (unpaired) electrons. The first-order chi connectivity index (χ1) is 14.9. The second-order valence-electron chi connectivity index (χ2n) is 6.72. The lowest BCUT2D eigenvalue weighted by atomic mass is 10.1. The Kier molecular flexibility index (Phi) is 4.77. The number of carboxylic acids is 1. The molecule has 10 nitrogen and oxygen atoms in total. The summed E-state index contributed by atoms with van der Waals surface area (Å²) in [5, 5.41) is 31.1. The van der Waals surface area contributed by atoms with Crippen molar-refractivity contribution in [3.05, 3.63) is 65.2 Å². The van der Waals surface area contributed by atoms with E-state index in [2.05, 4.69) is 26.4 Å². The zero-order valence-electron chi connectivity index (χ0n) is 16.3. The van der Waals surface area contributed by atoms with Crippen molar-refractivity contribution in [1.82, 2.24) is 14.6 Å². The van der Waals surface area contributed by atoms with E-state index in [9.17, 15) is 10.1 Å². The van der Waals surface area contributed by atoms with E-state index in [1.807, 2.05) is 31.2 Å². The van der Waals surface area contributed by atoms with Crippen molar-refractivity contribution in [1.29, 1.82) is 5.26 Å². The minimum Gasteiger partial charge on any atom is -0.478 e. The van der Waals surface area contributed by atoms with Crippen LogP contribution in [0.4, 0.5) is 23.0 Å². The third kappa shape index (κ3) is 3.51. The molecule has 152 valence electrons. The number of carboxylic acid groups (broad SMARTS) is 1. The lowest BCUT2D eigenvalue weighted by molar-refractivity contribution is 0.0697. The summed E-state index contributed by atoms with van der Waals surface area (Å²) in [6.45, 7) is 1.95. The fraction of sp³-hybridized carbons (Fsp3) is 0.0476. The molecule has 5 N–H and O–H groups in total. The maximum Gasteiger partial charge on any atom is 0.335 e. The molecule has 0 aliphatic carbocycles. The average Bonchev–Trinajstić information content (AvgIpc) is 3.08. The van der Waals surface area contributed by atoms with Gasteiger partial charge >= 0.3 is 5.97 Å². The topological polar surface area (TPSA) is 168 Å². The van der Waals surface area contributed by atoms with Crippen LogP contribution < -0.4 is 11.5 Å². The number of fused-ring (bicyclic) bond motifs is 1. The van der Waals surface area contributed by atoms with Gasteiger partial charge in [-0.3, -0.25) is 0 Å². The molecule has 0 fully saturated rings. The highest BCUT2D eigenvalue weighted by Gasteiger charge is 2.20. The van der Waals surface area contributed by atoms with E-state index in [1.165, 1.54) is 16.6 Å². The number of nitriles is 1. The first-order valence-corrected chi connectivity index (χ1v) is 9.09. The second-order valence-corrected chi connectivity index (χ2v) is 6.72. The van der Waals surface area contributed by atoms with Crippen LogP contribution in [-0.2, 0) is 0 Å². The molecule has 0 aliphatic rings. The normalized spacial score (nSPS) is 11.1. The Labute approximate surface area is 176 Å². The Morgan fingerprint density at radius 3 is 2.58 bits per heavy atom. The average molecular weight is 412 g/mol. The number of nitrogens with two attached hydrogens (primary N) is 2. The number of nitrogens with zero attached hydrogens (tertiary/aromatic N) is 6. The van der Waals surface area contributed by atoms with Gasteiger partial charge in [0, 0.05) is 5.56 Å². The van der Waals surface area contributed by atoms with Crippen molar-refractivity contribution in [3.63, 3.8) is 0 Å². The SMILES string of the molecule is Cc1ccc(-c2nc3c(N=Nc4cccc(C(=O)O)c4)c(N)nn3c(N)c2C#N)cc1. The molecule has 31 heavy (non-hydrogen) atoms. The molecule has 2 aromatic heterocycles. The molecule has 0 amide bonds. The molecule has 2 heterocycles. The summed E-state index contributed by atoms with van der Waals surface area (Å²) in [5.74, 6) is -0.986. The van der Waals surface area contributed by atoms with Gasteiger partial charge in [-0.05, 0) is 25.1 Å². The Hall–Kier alpha value is -4.78. The number of aryl methyl sites for hydroxylation is 1. The highest BCUT2D eigenvalue weighted by molar-refractivity contribution is 5.88. The number of hydrogen-bond acceptors (Lipinski definition) is 8. The van der Waals surface area contributed by atoms with Crippen molar-refractivity contribution in [2.45, 2.75) is 6.92 Å². The molecule has 0 unspecified atom stereocenters. The van der Waals surface area contributed by atoms with Crippen LogP contribution >= 0.6 is 0 Å². The van der Waals surface area contributed by atoms with Gasteiger partial charge in [-0.25, -0.2) is 9.78 Å². The number of anilines is 2. The molecule has 0 spiro atoms. The summed E-state index contributed by atoms with van der Waals surface area (Å²) in [6, 6.07) is 15.5. The molecule has 0 aliphatic heterocycles. The monoisotopic (exact) mass is 412 g/mol. The summed E-state index contributed by atoms with van der Waals surface area (Å²) in [5.41, 5.74) is 15.3.